The van der Waals surface area contributed by atoms with E-state index in [9.17, 15) is 9.59 Å². The molecule has 0 radical (unpaired) electrons. The third kappa shape index (κ3) is 3.74. The molecule has 0 aliphatic carbocycles. The topological polar surface area (TPSA) is 75.6 Å². The fourth-order valence-electron chi connectivity index (χ4n) is 2.87. The number of nitrogens with one attached hydrogen (secondary N) is 1. The van der Waals surface area contributed by atoms with Gasteiger partial charge in [-0.2, -0.15) is 0 Å². The lowest BCUT2D eigenvalue weighted by atomic mass is 9.78. The molecule has 1 atom stereocenters. The smallest absolute Gasteiger partial charge is 0.312 e. The van der Waals surface area contributed by atoms with E-state index in [1.807, 2.05) is 25.2 Å². The molecule has 1 fully saturated rings. The molecule has 1 aliphatic heterocycles. The first-order chi connectivity index (χ1) is 10.1. The molecule has 1 heterocycles. The molecule has 5 heteroatoms. The van der Waals surface area contributed by atoms with Crippen molar-refractivity contribution in [1.29, 1.82) is 0 Å². The summed E-state index contributed by atoms with van der Waals surface area (Å²) in [5.74, 6) is -1.29. The number of benzene rings is 1. The molecule has 1 aromatic carbocycles. The van der Waals surface area contributed by atoms with E-state index in [0.29, 0.717) is 19.4 Å². The van der Waals surface area contributed by atoms with Crippen LogP contribution in [0.3, 0.4) is 0 Å². The summed E-state index contributed by atoms with van der Waals surface area (Å²) >= 11 is 0. The van der Waals surface area contributed by atoms with Crippen LogP contribution >= 0.6 is 0 Å². The van der Waals surface area contributed by atoms with Gasteiger partial charge in [0.05, 0.1) is 18.4 Å². The number of esters is 1. The summed E-state index contributed by atoms with van der Waals surface area (Å²) < 4.78 is 5.00. The van der Waals surface area contributed by atoms with Crippen LogP contribution in [0.2, 0.25) is 0 Å². The van der Waals surface area contributed by atoms with Gasteiger partial charge in [-0.15, -0.1) is 0 Å². The lowest BCUT2D eigenvalue weighted by molar-refractivity contribution is -0.152. The van der Waals surface area contributed by atoms with Crippen molar-refractivity contribution in [2.24, 2.45) is 5.41 Å². The van der Waals surface area contributed by atoms with E-state index in [1.165, 1.54) is 5.56 Å². The summed E-state index contributed by atoms with van der Waals surface area (Å²) in [5, 5.41) is 12.1. The molecule has 0 saturated carbocycles. The number of aryl methyl sites for hydroxylation is 1. The van der Waals surface area contributed by atoms with Crippen molar-refractivity contribution in [2.45, 2.75) is 32.1 Å². The largest absolute Gasteiger partial charge is 0.481 e. The number of aliphatic carboxylic acids is 1. The second-order valence-corrected chi connectivity index (χ2v) is 5.54. The van der Waals surface area contributed by atoms with Gasteiger partial charge < -0.3 is 15.2 Å². The van der Waals surface area contributed by atoms with Crippen LogP contribution in [0.25, 0.3) is 0 Å². The summed E-state index contributed by atoms with van der Waals surface area (Å²) in [6.45, 7) is 0.335. The Balaban J connectivity index is 1.96. The first-order valence-corrected chi connectivity index (χ1v) is 7.21. The molecule has 21 heavy (non-hydrogen) atoms. The van der Waals surface area contributed by atoms with Gasteiger partial charge in [0.25, 0.3) is 0 Å². The van der Waals surface area contributed by atoms with Gasteiger partial charge in [-0.05, 0) is 43.4 Å². The van der Waals surface area contributed by atoms with E-state index in [4.69, 9.17) is 9.84 Å². The Labute approximate surface area is 124 Å². The Morgan fingerprint density at radius 2 is 2.29 bits per heavy atom. The van der Waals surface area contributed by atoms with Crippen molar-refractivity contribution < 1.29 is 19.4 Å². The minimum atomic E-state index is -0.939. The lowest BCUT2D eigenvalue weighted by Crippen LogP contribution is -2.29. The van der Waals surface area contributed by atoms with Gasteiger partial charge in [0.1, 0.15) is 0 Å². The molecule has 0 aromatic heterocycles. The Morgan fingerprint density at radius 1 is 1.48 bits per heavy atom. The molecule has 0 amide bonds. The maximum absolute atomic E-state index is 11.9. The maximum Gasteiger partial charge on any atom is 0.312 e. The third-order valence-electron chi connectivity index (χ3n) is 4.07. The van der Waals surface area contributed by atoms with E-state index >= 15 is 0 Å². The number of hydrogen-bond acceptors (Lipinski definition) is 4. The first kappa shape index (κ1) is 15.4. The highest BCUT2D eigenvalue weighted by molar-refractivity contribution is 5.84. The average molecular weight is 291 g/mol. The van der Waals surface area contributed by atoms with Crippen LogP contribution in [-0.2, 0) is 20.7 Å². The molecule has 114 valence electrons. The van der Waals surface area contributed by atoms with Crippen molar-refractivity contribution >= 4 is 17.6 Å². The minimum absolute atomic E-state index is 0.137. The molecule has 5 nitrogen and oxygen atoms in total. The zero-order chi connectivity index (χ0) is 15.3. The predicted octanol–water partition coefficient (Wildman–Crippen LogP) is 2.46. The molecule has 1 aromatic rings. The molecule has 0 spiro atoms. The zero-order valence-corrected chi connectivity index (χ0v) is 12.2. The Hall–Kier alpha value is -2.04. The lowest BCUT2D eigenvalue weighted by Gasteiger charge is -2.22. The van der Waals surface area contributed by atoms with Gasteiger partial charge in [-0.25, -0.2) is 0 Å². The molecule has 2 rings (SSSR count). The highest BCUT2D eigenvalue weighted by atomic mass is 16.5. The van der Waals surface area contributed by atoms with E-state index in [0.717, 1.165) is 18.5 Å². The van der Waals surface area contributed by atoms with Crippen molar-refractivity contribution in [3.8, 4) is 0 Å². The van der Waals surface area contributed by atoms with Gasteiger partial charge in [0.15, 0.2) is 0 Å². The number of carboxylic acid groups (broad SMARTS) is 1. The number of hydrogen-bond donors (Lipinski definition) is 2. The van der Waals surface area contributed by atoms with Crippen LogP contribution in [0.4, 0.5) is 5.69 Å². The van der Waals surface area contributed by atoms with Crippen molar-refractivity contribution in [1.82, 2.24) is 0 Å². The van der Waals surface area contributed by atoms with E-state index in [1.54, 1.807) is 0 Å². The van der Waals surface area contributed by atoms with E-state index < -0.39 is 11.4 Å². The molecule has 1 saturated heterocycles. The van der Waals surface area contributed by atoms with Crippen molar-refractivity contribution in [2.75, 3.05) is 19.0 Å². The number of rotatable bonds is 7. The zero-order valence-electron chi connectivity index (χ0n) is 12.2. The van der Waals surface area contributed by atoms with Crippen LogP contribution < -0.4 is 5.32 Å². The van der Waals surface area contributed by atoms with Crippen molar-refractivity contribution in [3.63, 3.8) is 0 Å². The van der Waals surface area contributed by atoms with Crippen molar-refractivity contribution in [3.05, 3.63) is 29.8 Å². The minimum Gasteiger partial charge on any atom is -0.481 e. The normalized spacial score (nSPS) is 21.1. The quantitative estimate of drug-likeness (QED) is 0.755. The predicted molar refractivity (Wildman–Crippen MR) is 79.2 cm³/mol. The average Bonchev–Trinajstić information content (AvgIpc) is 2.79. The number of carbonyl (C=O) groups is 2. The number of carbonyl (C=O) groups excluding carboxylic acids is 1. The van der Waals surface area contributed by atoms with Gasteiger partial charge in [-0.1, -0.05) is 12.1 Å². The SMILES string of the molecule is CNc1cccc(CCCC2(CC(=O)O)CCOC2=O)c1. The molecule has 0 bridgehead atoms. The number of ether oxygens (including phenoxy) is 1. The Kier molecular flexibility index (Phi) is 4.83. The Morgan fingerprint density at radius 3 is 2.90 bits per heavy atom. The summed E-state index contributed by atoms with van der Waals surface area (Å²) in [6, 6.07) is 8.08. The van der Waals surface area contributed by atoms with Crippen LogP contribution in [-0.4, -0.2) is 30.7 Å². The van der Waals surface area contributed by atoms with Crippen LogP contribution in [0.5, 0.6) is 0 Å². The second-order valence-electron chi connectivity index (χ2n) is 5.54. The van der Waals surface area contributed by atoms with E-state index in [-0.39, 0.29) is 12.4 Å². The molecule has 1 unspecified atom stereocenters. The molecular weight excluding hydrogens is 270 g/mol. The highest BCUT2D eigenvalue weighted by Gasteiger charge is 2.45. The highest BCUT2D eigenvalue weighted by Crippen LogP contribution is 2.38. The number of anilines is 1. The second kappa shape index (κ2) is 6.61. The van der Waals surface area contributed by atoms with Crippen LogP contribution in [0.15, 0.2) is 24.3 Å². The number of carboxylic acids is 1. The first-order valence-electron chi connectivity index (χ1n) is 7.21. The fourth-order valence-corrected chi connectivity index (χ4v) is 2.87. The maximum atomic E-state index is 11.9. The monoisotopic (exact) mass is 291 g/mol. The standard InChI is InChI=1S/C16H21NO4/c1-17-13-6-2-4-12(10-13)5-3-7-16(11-14(18)19)8-9-21-15(16)20/h2,4,6,10,17H,3,5,7-9,11H2,1H3,(H,18,19). The molecular formula is C16H21NO4. The van der Waals surface area contributed by atoms with Gasteiger partial charge in [-0.3, -0.25) is 9.59 Å². The van der Waals surface area contributed by atoms with Crippen LogP contribution in [0.1, 0.15) is 31.2 Å². The van der Waals surface area contributed by atoms with Gasteiger partial charge >= 0.3 is 11.9 Å². The summed E-state index contributed by atoms with van der Waals surface area (Å²) in [6.07, 6.45) is 2.53. The summed E-state index contributed by atoms with van der Waals surface area (Å²) in [5.41, 5.74) is 1.40. The number of cyclic esters (lactones) is 1. The van der Waals surface area contributed by atoms with E-state index in [2.05, 4.69) is 11.4 Å². The molecule has 1 aliphatic rings. The van der Waals surface area contributed by atoms with Crippen LogP contribution in [0, 0.1) is 5.41 Å². The third-order valence-corrected chi connectivity index (χ3v) is 4.07. The fraction of sp³-hybridized carbons (Fsp3) is 0.500. The van der Waals surface area contributed by atoms with Gasteiger partial charge in [0, 0.05) is 12.7 Å². The van der Waals surface area contributed by atoms with Gasteiger partial charge in [0.2, 0.25) is 0 Å². The Bertz CT molecular complexity index is 529. The molecule has 2 N–H and O–H groups in total. The summed E-state index contributed by atoms with van der Waals surface area (Å²) in [7, 11) is 1.87. The summed E-state index contributed by atoms with van der Waals surface area (Å²) in [4.78, 5) is 22.9.